The second-order valence-corrected chi connectivity index (χ2v) is 14.3. The quantitative estimate of drug-likeness (QED) is 0.0376. The van der Waals surface area contributed by atoms with Crippen LogP contribution in [0.15, 0.2) is 24.3 Å². The Bertz CT molecular complexity index is 762. The first-order chi connectivity index (χ1) is 23.5. The zero-order valence-electron chi connectivity index (χ0n) is 32.8. The van der Waals surface area contributed by atoms with Gasteiger partial charge in [0, 0.05) is 18.9 Å². The van der Waals surface area contributed by atoms with Crippen molar-refractivity contribution in [1.29, 1.82) is 0 Å². The maximum Gasteiger partial charge on any atom is 0.306 e. The van der Waals surface area contributed by atoms with Crippen LogP contribution in [-0.2, 0) is 19.1 Å². The van der Waals surface area contributed by atoms with E-state index in [-0.39, 0.29) is 24.6 Å². The summed E-state index contributed by atoms with van der Waals surface area (Å²) < 4.78 is 11.5. The molecule has 0 bridgehead atoms. The number of rotatable bonds is 36. The number of esters is 2. The van der Waals surface area contributed by atoms with Gasteiger partial charge in [0.25, 0.3) is 0 Å². The lowest BCUT2D eigenvalue weighted by atomic mass is 10.1. The second kappa shape index (κ2) is 36.7. The van der Waals surface area contributed by atoms with Gasteiger partial charge < -0.3 is 14.4 Å². The van der Waals surface area contributed by atoms with E-state index in [9.17, 15) is 9.59 Å². The molecule has 0 aromatic heterocycles. The van der Waals surface area contributed by atoms with Crippen LogP contribution in [0.5, 0.6) is 0 Å². The minimum atomic E-state index is -0.432. The van der Waals surface area contributed by atoms with Crippen molar-refractivity contribution in [2.45, 2.75) is 219 Å². The van der Waals surface area contributed by atoms with Gasteiger partial charge in [0.05, 0.1) is 0 Å². The molecule has 0 amide bonds. The Labute approximate surface area is 299 Å². The smallest absolute Gasteiger partial charge is 0.306 e. The fraction of sp³-hybridized carbons (Fsp3) is 0.860. The average Bonchev–Trinajstić information content (AvgIpc) is 3.07. The summed E-state index contributed by atoms with van der Waals surface area (Å²) in [7, 11) is 3.98. The van der Waals surface area contributed by atoms with Gasteiger partial charge >= 0.3 is 11.9 Å². The van der Waals surface area contributed by atoms with Crippen LogP contribution in [0.25, 0.3) is 0 Å². The fourth-order valence-electron chi connectivity index (χ4n) is 6.34. The molecule has 2 atom stereocenters. The normalized spacial score (nSPS) is 13.1. The van der Waals surface area contributed by atoms with Crippen LogP contribution in [0.2, 0.25) is 0 Å². The average molecular weight is 676 g/mol. The van der Waals surface area contributed by atoms with Crippen molar-refractivity contribution in [3.05, 3.63) is 24.3 Å². The second-order valence-electron chi connectivity index (χ2n) is 14.3. The first kappa shape index (κ1) is 46.4. The van der Waals surface area contributed by atoms with Gasteiger partial charge in [-0.15, -0.1) is 0 Å². The lowest BCUT2D eigenvalue weighted by Crippen LogP contribution is -2.44. The summed E-state index contributed by atoms with van der Waals surface area (Å²) in [5.74, 6) is -0.356. The highest BCUT2D eigenvalue weighted by molar-refractivity contribution is 5.70. The molecule has 48 heavy (non-hydrogen) atoms. The highest BCUT2D eigenvalue weighted by Gasteiger charge is 2.27. The van der Waals surface area contributed by atoms with E-state index in [0.717, 1.165) is 44.9 Å². The van der Waals surface area contributed by atoms with Gasteiger partial charge in [-0.1, -0.05) is 148 Å². The van der Waals surface area contributed by atoms with Crippen molar-refractivity contribution in [2.75, 3.05) is 20.7 Å². The van der Waals surface area contributed by atoms with Gasteiger partial charge in [-0.05, 0) is 84.7 Å². The van der Waals surface area contributed by atoms with E-state index in [1.54, 1.807) is 0 Å². The molecule has 0 fully saturated rings. The van der Waals surface area contributed by atoms with Crippen molar-refractivity contribution in [3.8, 4) is 0 Å². The van der Waals surface area contributed by atoms with E-state index in [4.69, 9.17) is 9.47 Å². The number of nitrogens with zero attached hydrogens (tertiary/aromatic N) is 1. The number of hydrogen-bond donors (Lipinski definition) is 0. The highest BCUT2D eigenvalue weighted by atomic mass is 16.6. The van der Waals surface area contributed by atoms with E-state index in [2.05, 4.69) is 50.0 Å². The highest BCUT2D eigenvalue weighted by Crippen LogP contribution is 2.16. The first-order valence-corrected chi connectivity index (χ1v) is 20.8. The maximum absolute atomic E-state index is 12.7. The van der Waals surface area contributed by atoms with Gasteiger partial charge in [-0.3, -0.25) is 9.59 Å². The third kappa shape index (κ3) is 31.6. The molecule has 0 N–H and O–H groups in total. The number of carbonyl (C=O) groups is 2. The molecular weight excluding hydrogens is 594 g/mol. The molecule has 0 rings (SSSR count). The monoisotopic (exact) mass is 676 g/mol. The third-order valence-electron chi connectivity index (χ3n) is 9.49. The van der Waals surface area contributed by atoms with Gasteiger partial charge in [-0.2, -0.15) is 0 Å². The van der Waals surface area contributed by atoms with Crippen LogP contribution >= 0.6 is 0 Å². The Morgan fingerprint density at radius 3 is 1.23 bits per heavy atom. The van der Waals surface area contributed by atoms with Crippen molar-refractivity contribution < 1.29 is 19.1 Å². The number of likely N-dealkylation sites (N-methyl/N-ethyl adjacent to an activating group) is 1. The number of hydrogen-bond acceptors (Lipinski definition) is 5. The molecule has 2 unspecified atom stereocenters. The summed E-state index contributed by atoms with van der Waals surface area (Å²) in [5.41, 5.74) is 0. The lowest BCUT2D eigenvalue weighted by Gasteiger charge is -2.31. The molecule has 0 aromatic carbocycles. The van der Waals surface area contributed by atoms with Crippen LogP contribution in [0.3, 0.4) is 0 Å². The molecule has 0 aliphatic carbocycles. The Hall–Kier alpha value is -1.62. The van der Waals surface area contributed by atoms with Gasteiger partial charge in [0.1, 0.15) is 6.61 Å². The molecule has 5 nitrogen and oxygen atoms in total. The van der Waals surface area contributed by atoms with Gasteiger partial charge in [-0.25, -0.2) is 0 Å². The molecule has 5 heteroatoms. The zero-order chi connectivity index (χ0) is 35.3. The summed E-state index contributed by atoms with van der Waals surface area (Å²) in [5, 5.41) is 0. The minimum Gasteiger partial charge on any atom is -0.462 e. The Morgan fingerprint density at radius 1 is 0.500 bits per heavy atom. The summed E-state index contributed by atoms with van der Waals surface area (Å²) in [6.07, 6.45) is 42.8. The largest absolute Gasteiger partial charge is 0.462 e. The van der Waals surface area contributed by atoms with E-state index in [1.165, 1.54) is 128 Å². The van der Waals surface area contributed by atoms with Crippen LogP contribution in [0.4, 0.5) is 0 Å². The summed E-state index contributed by atoms with van der Waals surface area (Å²) in [4.78, 5) is 27.3. The predicted octanol–water partition coefficient (Wildman–Crippen LogP) is 12.9. The Morgan fingerprint density at radius 2 is 0.854 bits per heavy atom. The van der Waals surface area contributed by atoms with Gasteiger partial charge in [0.15, 0.2) is 6.10 Å². The number of unbranched alkanes of at least 4 members (excludes halogenated alkanes) is 22. The molecule has 0 saturated carbocycles. The molecule has 0 aliphatic rings. The van der Waals surface area contributed by atoms with E-state index in [0.29, 0.717) is 12.8 Å². The summed E-state index contributed by atoms with van der Waals surface area (Å²) in [6, 6.07) is 0.0238. The lowest BCUT2D eigenvalue weighted by molar-refractivity contribution is -0.163. The van der Waals surface area contributed by atoms with Crippen LogP contribution in [0.1, 0.15) is 207 Å². The topological polar surface area (TPSA) is 55.8 Å². The molecule has 0 radical (unpaired) electrons. The Balaban J connectivity index is 4.02. The van der Waals surface area contributed by atoms with E-state index < -0.39 is 6.10 Å². The van der Waals surface area contributed by atoms with Crippen molar-refractivity contribution >= 4 is 11.9 Å². The first-order valence-electron chi connectivity index (χ1n) is 20.8. The molecular formula is C43H81NO4. The molecule has 0 heterocycles. The summed E-state index contributed by atoms with van der Waals surface area (Å²) >= 11 is 0. The Kier molecular flexibility index (Phi) is 35.4. The zero-order valence-corrected chi connectivity index (χ0v) is 32.8. The molecule has 0 saturated heterocycles. The van der Waals surface area contributed by atoms with Crippen molar-refractivity contribution in [3.63, 3.8) is 0 Å². The van der Waals surface area contributed by atoms with E-state index >= 15 is 0 Å². The molecule has 0 aromatic rings. The van der Waals surface area contributed by atoms with Crippen molar-refractivity contribution in [1.82, 2.24) is 4.90 Å². The number of allylic oxidation sites excluding steroid dienone is 4. The van der Waals surface area contributed by atoms with Gasteiger partial charge in [0.2, 0.25) is 0 Å². The van der Waals surface area contributed by atoms with Crippen LogP contribution in [-0.4, -0.2) is 49.7 Å². The molecule has 282 valence electrons. The predicted molar refractivity (Wildman–Crippen MR) is 208 cm³/mol. The van der Waals surface area contributed by atoms with Crippen LogP contribution in [0, 0.1) is 0 Å². The minimum absolute atomic E-state index is 0.0238. The van der Waals surface area contributed by atoms with Crippen molar-refractivity contribution in [2.24, 2.45) is 0 Å². The standard InChI is InChI=1S/C43H81NO4/c1-6-9-11-13-15-17-19-21-23-25-27-29-31-33-35-37-42(45)47-39-41(40(8-3)44(4)5)48-43(46)38-36-34-32-30-28-26-24-22-20-18-16-14-12-10-7-2/h21-24,40-41H,6-20,25-39H2,1-5H3. The maximum atomic E-state index is 12.7. The molecule has 0 aliphatic heterocycles. The molecule has 0 spiro atoms. The SMILES string of the molecule is CCCCCCCCC=CCCCCCCCC(=O)OCC(OC(=O)CCCCCCCC=CCCCCCCCC)C(CC)N(C)C. The summed E-state index contributed by atoms with van der Waals surface area (Å²) in [6.45, 7) is 6.76. The van der Waals surface area contributed by atoms with E-state index in [1.807, 2.05) is 14.1 Å². The number of carbonyl (C=O) groups excluding carboxylic acids is 2. The third-order valence-corrected chi connectivity index (χ3v) is 9.49. The number of ether oxygens (including phenoxy) is 2. The fourth-order valence-corrected chi connectivity index (χ4v) is 6.34. The van der Waals surface area contributed by atoms with Crippen LogP contribution < -0.4 is 0 Å².